The lowest BCUT2D eigenvalue weighted by Gasteiger charge is -2.20. The van der Waals surface area contributed by atoms with Crippen molar-refractivity contribution in [1.29, 1.82) is 0 Å². The Morgan fingerprint density at radius 2 is 1.90 bits per heavy atom. The number of ether oxygens (including phenoxy) is 2. The van der Waals surface area contributed by atoms with E-state index in [0.717, 1.165) is 25.7 Å². The smallest absolute Gasteiger partial charge is 0.341 e. The van der Waals surface area contributed by atoms with Gasteiger partial charge in [0.1, 0.15) is 11.4 Å². The van der Waals surface area contributed by atoms with Crippen LogP contribution in [0.4, 0.5) is 11.8 Å². The molecule has 5 rings (SSSR count). The molecule has 204 valence electrons. The molecule has 0 atom stereocenters. The van der Waals surface area contributed by atoms with Gasteiger partial charge in [0.05, 0.1) is 30.7 Å². The molecule has 1 fully saturated rings. The third-order valence-corrected chi connectivity index (χ3v) is 7.21. The maximum Gasteiger partial charge on any atom is 0.341 e. The normalized spacial score (nSPS) is 13.2. The number of nitrogen functional groups attached to an aromatic ring is 2. The molecule has 0 aliphatic heterocycles. The first-order valence-corrected chi connectivity index (χ1v) is 12.9. The first-order valence-electron chi connectivity index (χ1n) is 12.9. The number of carbonyl (C=O) groups is 1. The predicted molar refractivity (Wildman–Crippen MR) is 152 cm³/mol. The van der Waals surface area contributed by atoms with Crippen LogP contribution < -0.4 is 26.4 Å². The van der Waals surface area contributed by atoms with Crippen LogP contribution in [0, 0.1) is 11.8 Å². The highest BCUT2D eigenvalue weighted by molar-refractivity contribution is 5.94. The van der Waals surface area contributed by atoms with Crippen LogP contribution >= 0.6 is 0 Å². The van der Waals surface area contributed by atoms with E-state index < -0.39 is 11.4 Å². The third kappa shape index (κ3) is 5.01. The highest BCUT2D eigenvalue weighted by Gasteiger charge is 2.24. The van der Waals surface area contributed by atoms with Crippen molar-refractivity contribution in [3.63, 3.8) is 0 Å². The number of nitrogens with zero attached hydrogens (tertiary/aromatic N) is 3. The summed E-state index contributed by atoms with van der Waals surface area (Å²) in [5.74, 6) is 6.39. The standard InChI is InChI=1S/C30H29N5O5/c1-39-24-9-5-6-18(27(24)40-2)11-10-17-12-19(14-20-15-33-30(32)34-28(20)31)25-23(13-17)35(21-7-3-4-8-21)16-22(26(25)36)29(37)38/h5-6,9,12-13,15-16,21H,3-4,7-8,14H2,1-2H3,(H,37,38)(H4,31,32,33,34). The second-order valence-electron chi connectivity index (χ2n) is 9.66. The van der Waals surface area contributed by atoms with Crippen LogP contribution in [0.3, 0.4) is 0 Å². The average Bonchev–Trinajstić information content (AvgIpc) is 3.47. The molecule has 4 aromatic rings. The summed E-state index contributed by atoms with van der Waals surface area (Å²) in [5.41, 5.74) is 14.0. The zero-order chi connectivity index (χ0) is 28.4. The van der Waals surface area contributed by atoms with Gasteiger partial charge in [-0.3, -0.25) is 4.79 Å². The van der Waals surface area contributed by atoms with Gasteiger partial charge in [0.2, 0.25) is 11.4 Å². The largest absolute Gasteiger partial charge is 0.493 e. The molecule has 0 spiro atoms. The highest BCUT2D eigenvalue weighted by atomic mass is 16.5. The van der Waals surface area contributed by atoms with Crippen molar-refractivity contribution in [2.24, 2.45) is 0 Å². The number of aromatic carboxylic acids is 1. The molecule has 0 unspecified atom stereocenters. The van der Waals surface area contributed by atoms with E-state index in [1.165, 1.54) is 12.4 Å². The van der Waals surface area contributed by atoms with Gasteiger partial charge in [0.25, 0.3) is 0 Å². The average molecular weight is 540 g/mol. The van der Waals surface area contributed by atoms with E-state index >= 15 is 0 Å². The van der Waals surface area contributed by atoms with Crippen molar-refractivity contribution in [3.8, 4) is 23.3 Å². The van der Waals surface area contributed by atoms with E-state index in [1.807, 2.05) is 22.8 Å². The van der Waals surface area contributed by atoms with Crippen molar-refractivity contribution >= 4 is 28.6 Å². The zero-order valence-corrected chi connectivity index (χ0v) is 22.2. The number of pyridine rings is 1. The number of carboxylic acids is 1. The SMILES string of the molecule is COc1cccc(C#Cc2cc(Cc3cnc(N)nc3N)c3c(=O)c(C(=O)O)cn(C4CCCC4)c3c2)c1OC. The molecular formula is C30H29N5O5. The number of rotatable bonds is 6. The van der Waals surface area contributed by atoms with Crippen LogP contribution in [0.5, 0.6) is 11.5 Å². The zero-order valence-electron chi connectivity index (χ0n) is 22.2. The number of hydrogen-bond donors (Lipinski definition) is 3. The van der Waals surface area contributed by atoms with Crippen molar-refractivity contribution in [2.75, 3.05) is 25.7 Å². The quantitative estimate of drug-likeness (QED) is 0.310. The minimum atomic E-state index is -1.27. The summed E-state index contributed by atoms with van der Waals surface area (Å²) in [6.07, 6.45) is 7.01. The van der Waals surface area contributed by atoms with E-state index in [2.05, 4.69) is 21.8 Å². The fourth-order valence-corrected chi connectivity index (χ4v) is 5.30. The van der Waals surface area contributed by atoms with Crippen LogP contribution in [0.15, 0.2) is 47.5 Å². The number of fused-ring (bicyclic) bond motifs is 1. The molecule has 5 N–H and O–H groups in total. The first kappa shape index (κ1) is 26.6. The molecule has 2 aromatic heterocycles. The highest BCUT2D eigenvalue weighted by Crippen LogP contribution is 2.34. The second kappa shape index (κ2) is 11.0. The van der Waals surface area contributed by atoms with Gasteiger partial charge in [-0.05, 0) is 42.7 Å². The molecule has 40 heavy (non-hydrogen) atoms. The Kier molecular flexibility index (Phi) is 7.29. The van der Waals surface area contributed by atoms with Gasteiger partial charge in [-0.15, -0.1) is 0 Å². The minimum Gasteiger partial charge on any atom is -0.493 e. The van der Waals surface area contributed by atoms with Gasteiger partial charge in [0.15, 0.2) is 11.5 Å². The maximum absolute atomic E-state index is 13.6. The number of para-hydroxylation sites is 1. The summed E-state index contributed by atoms with van der Waals surface area (Å²) < 4.78 is 12.8. The lowest BCUT2D eigenvalue weighted by Crippen LogP contribution is -2.22. The summed E-state index contributed by atoms with van der Waals surface area (Å²) in [6, 6.07) is 9.14. The van der Waals surface area contributed by atoms with Gasteiger partial charge < -0.3 is 30.6 Å². The minimum absolute atomic E-state index is 0.0368. The molecule has 1 aliphatic rings. The lowest BCUT2D eigenvalue weighted by molar-refractivity contribution is 0.0694. The number of hydrogen-bond acceptors (Lipinski definition) is 8. The van der Waals surface area contributed by atoms with Gasteiger partial charge in [0, 0.05) is 36.0 Å². The number of nitrogens with two attached hydrogens (primary N) is 2. The van der Waals surface area contributed by atoms with Gasteiger partial charge in [-0.1, -0.05) is 30.7 Å². The van der Waals surface area contributed by atoms with Gasteiger partial charge in [-0.25, -0.2) is 9.78 Å². The molecule has 10 nitrogen and oxygen atoms in total. The number of anilines is 2. The topological polar surface area (TPSA) is 156 Å². The van der Waals surface area contributed by atoms with Crippen LogP contribution in [0.25, 0.3) is 10.9 Å². The van der Waals surface area contributed by atoms with Crippen LogP contribution in [-0.4, -0.2) is 39.8 Å². The van der Waals surface area contributed by atoms with Crippen LogP contribution in [0.1, 0.15) is 64.3 Å². The molecule has 0 radical (unpaired) electrons. The summed E-state index contributed by atoms with van der Waals surface area (Å²) in [6.45, 7) is 0. The molecule has 1 saturated carbocycles. The third-order valence-electron chi connectivity index (χ3n) is 7.21. The number of carboxylic acid groups (broad SMARTS) is 1. The Balaban J connectivity index is 1.77. The van der Waals surface area contributed by atoms with Crippen LogP contribution in [-0.2, 0) is 6.42 Å². The summed E-state index contributed by atoms with van der Waals surface area (Å²) in [7, 11) is 3.11. The fourth-order valence-electron chi connectivity index (χ4n) is 5.30. The Labute approximate surface area is 230 Å². The summed E-state index contributed by atoms with van der Waals surface area (Å²) >= 11 is 0. The molecule has 0 amide bonds. The number of aromatic nitrogens is 3. The van der Waals surface area contributed by atoms with Crippen molar-refractivity contribution in [1.82, 2.24) is 14.5 Å². The molecule has 2 heterocycles. The Bertz CT molecular complexity index is 1750. The monoisotopic (exact) mass is 539 g/mol. The number of benzene rings is 2. The fraction of sp³-hybridized carbons (Fsp3) is 0.267. The Morgan fingerprint density at radius 1 is 1.12 bits per heavy atom. The first-order chi connectivity index (χ1) is 19.3. The van der Waals surface area contributed by atoms with E-state index in [4.69, 9.17) is 20.9 Å². The number of methoxy groups -OCH3 is 2. The molecule has 1 aliphatic carbocycles. The van der Waals surface area contributed by atoms with E-state index in [-0.39, 0.29) is 29.8 Å². The molecule has 2 aromatic carbocycles. The Hall–Kier alpha value is -5.04. The summed E-state index contributed by atoms with van der Waals surface area (Å²) in [5, 5.41) is 10.2. The lowest BCUT2D eigenvalue weighted by atomic mass is 9.96. The molecular weight excluding hydrogens is 510 g/mol. The van der Waals surface area contributed by atoms with E-state index in [9.17, 15) is 14.7 Å². The molecule has 0 bridgehead atoms. The van der Waals surface area contributed by atoms with Crippen LogP contribution in [0.2, 0.25) is 0 Å². The Morgan fingerprint density at radius 3 is 2.58 bits per heavy atom. The predicted octanol–water partition coefficient (Wildman–Crippen LogP) is 3.78. The summed E-state index contributed by atoms with van der Waals surface area (Å²) in [4.78, 5) is 33.8. The maximum atomic E-state index is 13.6. The van der Waals surface area contributed by atoms with E-state index in [1.54, 1.807) is 26.4 Å². The second-order valence-corrected chi connectivity index (χ2v) is 9.66. The van der Waals surface area contributed by atoms with Crippen molar-refractivity contribution in [2.45, 2.75) is 38.1 Å². The molecule has 0 saturated heterocycles. The van der Waals surface area contributed by atoms with Gasteiger partial charge >= 0.3 is 5.97 Å². The molecule has 10 heteroatoms. The van der Waals surface area contributed by atoms with E-state index in [0.29, 0.717) is 44.7 Å². The van der Waals surface area contributed by atoms with Crippen molar-refractivity contribution < 1.29 is 19.4 Å². The van der Waals surface area contributed by atoms with Gasteiger partial charge in [-0.2, -0.15) is 4.98 Å². The van der Waals surface area contributed by atoms with Crippen molar-refractivity contribution in [3.05, 3.63) is 80.8 Å².